The predicted molar refractivity (Wildman–Crippen MR) is 101 cm³/mol. The molecule has 0 bridgehead atoms. The Morgan fingerprint density at radius 2 is 2.24 bits per heavy atom. The minimum Gasteiger partial charge on any atom is -0.466 e. The van der Waals surface area contributed by atoms with Gasteiger partial charge >= 0.3 is 5.97 Å². The van der Waals surface area contributed by atoms with Gasteiger partial charge in [-0.15, -0.1) is 0 Å². The molecule has 1 aromatic heterocycles. The zero-order chi connectivity index (χ0) is 17.8. The first-order valence-electron chi connectivity index (χ1n) is 8.51. The lowest BCUT2D eigenvalue weighted by atomic mass is 9.99. The second kappa shape index (κ2) is 8.17. The van der Waals surface area contributed by atoms with Crippen LogP contribution in [0.1, 0.15) is 19.8 Å². The Hall–Kier alpha value is -1.63. The third kappa shape index (κ3) is 4.32. The van der Waals surface area contributed by atoms with Crippen LogP contribution in [0.5, 0.6) is 0 Å². The van der Waals surface area contributed by atoms with Gasteiger partial charge in [-0.3, -0.25) is 14.3 Å². The molecule has 0 N–H and O–H groups in total. The van der Waals surface area contributed by atoms with E-state index in [-0.39, 0.29) is 11.9 Å². The highest BCUT2D eigenvalue weighted by atomic mass is 35.5. The molecule has 1 saturated heterocycles. The van der Waals surface area contributed by atoms with Crippen molar-refractivity contribution in [2.45, 2.75) is 26.4 Å². The molecule has 0 radical (unpaired) electrons. The zero-order valence-electron chi connectivity index (χ0n) is 14.2. The van der Waals surface area contributed by atoms with E-state index in [9.17, 15) is 4.79 Å². The third-order valence-electron chi connectivity index (χ3n) is 4.41. The van der Waals surface area contributed by atoms with Crippen LogP contribution >= 0.6 is 23.8 Å². The highest BCUT2D eigenvalue weighted by Crippen LogP contribution is 2.20. The van der Waals surface area contributed by atoms with Crippen molar-refractivity contribution in [1.29, 1.82) is 0 Å². The lowest BCUT2D eigenvalue weighted by Gasteiger charge is -2.31. The fourth-order valence-electron chi connectivity index (χ4n) is 3.20. The fraction of sp³-hybridized carbons (Fsp3) is 0.444. The Morgan fingerprint density at radius 1 is 1.40 bits per heavy atom. The van der Waals surface area contributed by atoms with Gasteiger partial charge < -0.3 is 9.30 Å². The summed E-state index contributed by atoms with van der Waals surface area (Å²) in [5.41, 5.74) is 0.944. The van der Waals surface area contributed by atoms with Gasteiger partial charge in [0.2, 0.25) is 0 Å². The number of nitrogens with zero attached hydrogens (tertiary/aromatic N) is 3. The topological polar surface area (TPSA) is 39.4 Å². The van der Waals surface area contributed by atoms with Crippen LogP contribution in [0.25, 0.3) is 5.69 Å². The van der Waals surface area contributed by atoms with E-state index >= 15 is 0 Å². The number of piperidine rings is 1. The number of carbonyl (C=O) groups is 1. The molecule has 25 heavy (non-hydrogen) atoms. The summed E-state index contributed by atoms with van der Waals surface area (Å²) >= 11 is 11.7. The number of benzene rings is 1. The molecule has 5 nitrogen and oxygen atoms in total. The average molecular weight is 380 g/mol. The number of hydrogen-bond donors (Lipinski definition) is 0. The SMILES string of the molecule is CCOC(=O)[C@@H]1CCCN(Cn2ccn(-c3cccc(Cl)c3)c2=S)C1. The number of hydrogen-bond acceptors (Lipinski definition) is 4. The lowest BCUT2D eigenvalue weighted by molar-refractivity contribution is -0.150. The first-order valence-corrected chi connectivity index (χ1v) is 9.30. The summed E-state index contributed by atoms with van der Waals surface area (Å²) in [7, 11) is 0. The van der Waals surface area contributed by atoms with Crippen molar-refractivity contribution in [3.63, 3.8) is 0 Å². The summed E-state index contributed by atoms with van der Waals surface area (Å²) in [6, 6.07) is 7.61. The van der Waals surface area contributed by atoms with Crippen molar-refractivity contribution in [2.24, 2.45) is 5.92 Å². The molecule has 7 heteroatoms. The Balaban J connectivity index is 1.71. The Morgan fingerprint density at radius 3 is 3.00 bits per heavy atom. The molecular weight excluding hydrogens is 358 g/mol. The average Bonchev–Trinajstić information content (AvgIpc) is 2.96. The summed E-state index contributed by atoms with van der Waals surface area (Å²) in [6.45, 7) is 4.62. The second-order valence-corrected chi connectivity index (χ2v) is 7.01. The number of carbonyl (C=O) groups excluding carboxylic acids is 1. The maximum atomic E-state index is 12.0. The van der Waals surface area contributed by atoms with E-state index in [1.165, 1.54) is 0 Å². The second-order valence-electron chi connectivity index (χ2n) is 6.21. The number of esters is 1. The van der Waals surface area contributed by atoms with Gasteiger partial charge in [0, 0.05) is 29.6 Å². The van der Waals surface area contributed by atoms with Gasteiger partial charge in [-0.25, -0.2) is 0 Å². The van der Waals surface area contributed by atoms with Crippen molar-refractivity contribution in [1.82, 2.24) is 14.0 Å². The van der Waals surface area contributed by atoms with E-state index in [4.69, 9.17) is 28.6 Å². The van der Waals surface area contributed by atoms with E-state index in [0.29, 0.717) is 29.6 Å². The van der Waals surface area contributed by atoms with Crippen molar-refractivity contribution >= 4 is 29.8 Å². The molecule has 3 rings (SSSR count). The first kappa shape index (κ1) is 18.2. The number of aromatic nitrogens is 2. The quantitative estimate of drug-likeness (QED) is 0.583. The van der Waals surface area contributed by atoms with Crippen molar-refractivity contribution in [3.8, 4) is 5.69 Å². The summed E-state index contributed by atoms with van der Waals surface area (Å²) in [5, 5.41) is 0.681. The molecule has 1 atom stereocenters. The summed E-state index contributed by atoms with van der Waals surface area (Å²) in [4.78, 5) is 14.2. The molecule has 0 amide bonds. The maximum absolute atomic E-state index is 12.0. The highest BCUT2D eigenvalue weighted by Gasteiger charge is 2.26. The minimum atomic E-state index is -0.0905. The molecule has 0 saturated carbocycles. The lowest BCUT2D eigenvalue weighted by Crippen LogP contribution is -2.40. The molecule has 1 aliphatic rings. The smallest absolute Gasteiger partial charge is 0.310 e. The maximum Gasteiger partial charge on any atom is 0.310 e. The van der Waals surface area contributed by atoms with E-state index < -0.39 is 0 Å². The molecular formula is C18H22ClN3O2S. The van der Waals surface area contributed by atoms with Gasteiger partial charge in [0.25, 0.3) is 0 Å². The van der Waals surface area contributed by atoms with E-state index in [1.54, 1.807) is 0 Å². The van der Waals surface area contributed by atoms with Crippen LogP contribution in [0.4, 0.5) is 0 Å². The molecule has 1 fully saturated rings. The molecule has 1 aliphatic heterocycles. The summed E-state index contributed by atoms with van der Waals surface area (Å²) < 4.78 is 9.83. The number of rotatable bonds is 5. The predicted octanol–water partition coefficient (Wildman–Crippen LogP) is 3.89. The molecule has 1 aromatic carbocycles. The standard InChI is InChI=1S/C18H22ClN3O2S/c1-2-24-17(23)14-5-4-8-20(12-14)13-21-9-10-22(18(21)25)16-7-3-6-15(19)11-16/h3,6-7,9-11,14H,2,4-5,8,12-13H2,1H3/t14-/m1/s1. The van der Waals surface area contributed by atoms with Crippen molar-refractivity contribution in [3.05, 3.63) is 46.5 Å². The van der Waals surface area contributed by atoms with Crippen LogP contribution < -0.4 is 0 Å². The fourth-order valence-corrected chi connectivity index (χ4v) is 3.66. The van der Waals surface area contributed by atoms with Crippen LogP contribution in [0.2, 0.25) is 5.02 Å². The summed E-state index contributed by atoms with van der Waals surface area (Å²) in [5.74, 6) is -0.134. The zero-order valence-corrected chi connectivity index (χ0v) is 15.8. The molecule has 0 aliphatic carbocycles. The number of halogens is 1. The number of likely N-dealkylation sites (tertiary alicyclic amines) is 1. The van der Waals surface area contributed by atoms with Gasteiger partial charge in [-0.1, -0.05) is 17.7 Å². The van der Waals surface area contributed by atoms with Gasteiger partial charge in [-0.05, 0) is 56.7 Å². The third-order valence-corrected chi connectivity index (χ3v) is 5.08. The highest BCUT2D eigenvalue weighted by molar-refractivity contribution is 7.71. The minimum absolute atomic E-state index is 0.0436. The van der Waals surface area contributed by atoms with Crippen molar-refractivity contribution < 1.29 is 9.53 Å². The van der Waals surface area contributed by atoms with Crippen LogP contribution in [-0.4, -0.2) is 39.7 Å². The molecule has 2 aromatic rings. The van der Waals surface area contributed by atoms with Gasteiger partial charge in [0.05, 0.1) is 19.2 Å². The van der Waals surface area contributed by atoms with Crippen LogP contribution in [-0.2, 0) is 16.2 Å². The molecule has 134 valence electrons. The van der Waals surface area contributed by atoms with Crippen LogP contribution in [0, 0.1) is 10.7 Å². The molecule has 0 unspecified atom stereocenters. The van der Waals surface area contributed by atoms with Crippen molar-refractivity contribution in [2.75, 3.05) is 19.7 Å². The largest absolute Gasteiger partial charge is 0.466 e. The van der Waals surface area contributed by atoms with Gasteiger partial charge in [0.1, 0.15) is 0 Å². The van der Waals surface area contributed by atoms with E-state index in [0.717, 1.165) is 25.1 Å². The molecule has 2 heterocycles. The van der Waals surface area contributed by atoms with Crippen LogP contribution in [0.15, 0.2) is 36.7 Å². The van der Waals surface area contributed by atoms with Gasteiger partial charge in [0.15, 0.2) is 4.77 Å². The Bertz CT molecular complexity index is 802. The monoisotopic (exact) mass is 379 g/mol. The van der Waals surface area contributed by atoms with E-state index in [1.807, 2.05) is 52.7 Å². The number of imidazole rings is 1. The summed E-state index contributed by atoms with van der Waals surface area (Å²) in [6.07, 6.45) is 5.80. The van der Waals surface area contributed by atoms with Crippen LogP contribution in [0.3, 0.4) is 0 Å². The number of ether oxygens (including phenoxy) is 1. The molecule has 0 spiro atoms. The normalized spacial score (nSPS) is 18.2. The Labute approximate surface area is 157 Å². The van der Waals surface area contributed by atoms with Gasteiger partial charge in [-0.2, -0.15) is 0 Å². The van der Waals surface area contributed by atoms with E-state index in [2.05, 4.69) is 4.90 Å². The Kier molecular flexibility index (Phi) is 5.93. The first-order chi connectivity index (χ1) is 12.1.